The number of carbonyl (C=O) groups excluding carboxylic acids is 2. The third-order valence-electron chi connectivity index (χ3n) is 6.25. The normalized spacial score (nSPS) is 18.8. The molecule has 0 unspecified atom stereocenters. The summed E-state index contributed by atoms with van der Waals surface area (Å²) < 4.78 is 32.4. The number of hydrogen-bond acceptors (Lipinski definition) is 7. The molecule has 0 aliphatic carbocycles. The molecule has 2 aliphatic rings. The molecule has 0 bridgehead atoms. The summed E-state index contributed by atoms with van der Waals surface area (Å²) in [7, 11) is -3.64. The Kier molecular flexibility index (Phi) is 6.68. The molecule has 0 aromatic carbocycles. The number of piperazine rings is 1. The van der Waals surface area contributed by atoms with Crippen LogP contribution in [0.25, 0.3) is 0 Å². The van der Waals surface area contributed by atoms with Crippen LogP contribution in [0.4, 0.5) is 0 Å². The average Bonchev–Trinajstić information content (AvgIpc) is 3.44. The highest BCUT2D eigenvalue weighted by molar-refractivity contribution is 7.89. The lowest BCUT2D eigenvalue weighted by Gasteiger charge is -2.36. The molecule has 2 saturated heterocycles. The molecule has 4 heterocycles. The van der Waals surface area contributed by atoms with E-state index in [-0.39, 0.29) is 22.6 Å². The Bertz CT molecular complexity index is 1040. The van der Waals surface area contributed by atoms with Crippen LogP contribution in [0, 0.1) is 19.8 Å². The summed E-state index contributed by atoms with van der Waals surface area (Å²) in [6.07, 6.45) is 1.70. The van der Waals surface area contributed by atoms with E-state index in [0.717, 1.165) is 4.88 Å². The number of sulfonamides is 1. The lowest BCUT2D eigenvalue weighted by atomic mass is 9.94. The molecule has 0 atom stereocenters. The molecular formula is C21H28N4O5S2. The molecule has 0 spiro atoms. The maximum absolute atomic E-state index is 13.0. The van der Waals surface area contributed by atoms with Crippen LogP contribution in [-0.4, -0.2) is 78.8 Å². The predicted molar refractivity (Wildman–Crippen MR) is 119 cm³/mol. The smallest absolute Gasteiger partial charge is 0.264 e. The number of hydrogen-bond donors (Lipinski definition) is 0. The summed E-state index contributed by atoms with van der Waals surface area (Å²) in [5.41, 5.74) is 0.372. The maximum atomic E-state index is 13.0. The third kappa shape index (κ3) is 4.60. The summed E-state index contributed by atoms with van der Waals surface area (Å²) in [5, 5.41) is 5.65. The van der Waals surface area contributed by atoms with E-state index >= 15 is 0 Å². The summed E-state index contributed by atoms with van der Waals surface area (Å²) in [5.74, 6) is 0.570. The van der Waals surface area contributed by atoms with E-state index in [1.165, 1.54) is 15.6 Å². The topological polar surface area (TPSA) is 104 Å². The number of piperidine rings is 1. The Morgan fingerprint density at radius 3 is 2.31 bits per heavy atom. The van der Waals surface area contributed by atoms with Crippen LogP contribution in [0.3, 0.4) is 0 Å². The van der Waals surface area contributed by atoms with Crippen LogP contribution in [0.15, 0.2) is 26.9 Å². The fourth-order valence-corrected chi connectivity index (χ4v) is 6.87. The lowest BCUT2D eigenvalue weighted by Crippen LogP contribution is -2.51. The number of amides is 2. The van der Waals surface area contributed by atoms with Crippen LogP contribution in [0.1, 0.15) is 40.4 Å². The Hall–Kier alpha value is -2.24. The van der Waals surface area contributed by atoms with Gasteiger partial charge in [-0.1, -0.05) is 11.2 Å². The van der Waals surface area contributed by atoms with E-state index in [9.17, 15) is 18.0 Å². The van der Waals surface area contributed by atoms with Crippen molar-refractivity contribution in [2.45, 2.75) is 38.0 Å². The first-order valence-corrected chi connectivity index (χ1v) is 13.1. The molecular weight excluding hydrogens is 452 g/mol. The zero-order valence-electron chi connectivity index (χ0n) is 18.3. The Labute approximate surface area is 192 Å². The predicted octanol–water partition coefficient (Wildman–Crippen LogP) is 2.13. The molecule has 2 aromatic rings. The highest BCUT2D eigenvalue weighted by Gasteiger charge is 2.35. The molecule has 2 fully saturated rings. The van der Waals surface area contributed by atoms with E-state index in [0.29, 0.717) is 70.0 Å². The van der Waals surface area contributed by atoms with Gasteiger partial charge in [0.15, 0.2) is 5.76 Å². The molecule has 0 N–H and O–H groups in total. The van der Waals surface area contributed by atoms with E-state index in [1.807, 2.05) is 22.4 Å². The Morgan fingerprint density at radius 1 is 1.09 bits per heavy atom. The number of aryl methyl sites for hydroxylation is 2. The number of nitrogens with zero attached hydrogens (tertiary/aromatic N) is 4. The van der Waals surface area contributed by atoms with Crippen LogP contribution in [0.5, 0.6) is 0 Å². The van der Waals surface area contributed by atoms with Gasteiger partial charge in [-0.25, -0.2) is 8.42 Å². The highest BCUT2D eigenvalue weighted by atomic mass is 32.2. The number of thiophene rings is 1. The minimum Gasteiger partial charge on any atom is -0.360 e. The zero-order chi connectivity index (χ0) is 22.9. The minimum atomic E-state index is -3.64. The van der Waals surface area contributed by atoms with Crippen molar-refractivity contribution >= 4 is 33.2 Å². The molecule has 4 rings (SSSR count). The van der Waals surface area contributed by atoms with Crippen molar-refractivity contribution in [3.63, 3.8) is 0 Å². The average molecular weight is 481 g/mol. The van der Waals surface area contributed by atoms with Gasteiger partial charge in [-0.2, -0.15) is 4.31 Å². The molecule has 2 aromatic heterocycles. The van der Waals surface area contributed by atoms with Gasteiger partial charge in [0, 0.05) is 45.7 Å². The summed E-state index contributed by atoms with van der Waals surface area (Å²) >= 11 is 1.43. The second-order valence-corrected chi connectivity index (χ2v) is 11.2. The van der Waals surface area contributed by atoms with Crippen molar-refractivity contribution in [3.05, 3.63) is 33.8 Å². The van der Waals surface area contributed by atoms with E-state index in [4.69, 9.17) is 4.52 Å². The van der Waals surface area contributed by atoms with E-state index < -0.39 is 10.0 Å². The molecule has 9 nitrogen and oxygen atoms in total. The van der Waals surface area contributed by atoms with E-state index in [1.54, 1.807) is 18.7 Å². The largest absolute Gasteiger partial charge is 0.360 e. The van der Waals surface area contributed by atoms with Gasteiger partial charge in [0.2, 0.25) is 15.9 Å². The van der Waals surface area contributed by atoms with Gasteiger partial charge in [0.25, 0.3) is 5.91 Å². The molecule has 32 heavy (non-hydrogen) atoms. The van der Waals surface area contributed by atoms with Gasteiger partial charge in [0.05, 0.1) is 4.88 Å². The van der Waals surface area contributed by atoms with Gasteiger partial charge in [0.1, 0.15) is 10.6 Å². The van der Waals surface area contributed by atoms with Crippen LogP contribution in [0.2, 0.25) is 0 Å². The van der Waals surface area contributed by atoms with Gasteiger partial charge < -0.3 is 14.3 Å². The van der Waals surface area contributed by atoms with Crippen molar-refractivity contribution in [2.24, 2.45) is 5.92 Å². The van der Waals surface area contributed by atoms with Gasteiger partial charge in [-0.15, -0.1) is 11.3 Å². The second kappa shape index (κ2) is 9.32. The van der Waals surface area contributed by atoms with Crippen molar-refractivity contribution in [1.82, 2.24) is 19.3 Å². The first-order chi connectivity index (χ1) is 15.3. The highest BCUT2D eigenvalue weighted by Crippen LogP contribution is 2.29. The second-order valence-electron chi connectivity index (χ2n) is 8.36. The van der Waals surface area contributed by atoms with Crippen LogP contribution >= 0.6 is 11.3 Å². The van der Waals surface area contributed by atoms with Crippen molar-refractivity contribution in [1.29, 1.82) is 0 Å². The number of rotatable bonds is 5. The molecule has 2 amide bonds. The Morgan fingerprint density at radius 2 is 1.75 bits per heavy atom. The van der Waals surface area contributed by atoms with Crippen LogP contribution < -0.4 is 0 Å². The van der Waals surface area contributed by atoms with Gasteiger partial charge in [-0.3, -0.25) is 9.59 Å². The number of carbonyl (C=O) groups is 2. The third-order valence-corrected chi connectivity index (χ3v) is 9.26. The van der Waals surface area contributed by atoms with Gasteiger partial charge >= 0.3 is 0 Å². The molecule has 0 saturated carbocycles. The molecule has 11 heteroatoms. The Balaban J connectivity index is 1.26. The number of aromatic nitrogens is 1. The van der Waals surface area contributed by atoms with Crippen molar-refractivity contribution < 1.29 is 22.5 Å². The van der Waals surface area contributed by atoms with Crippen LogP contribution in [-0.2, 0) is 14.8 Å². The minimum absolute atomic E-state index is 0.0268. The van der Waals surface area contributed by atoms with Crippen molar-refractivity contribution in [2.75, 3.05) is 39.3 Å². The monoisotopic (exact) mass is 480 g/mol. The summed E-state index contributed by atoms with van der Waals surface area (Å²) in [6, 6.07) is 3.69. The molecule has 174 valence electrons. The quantitative estimate of drug-likeness (QED) is 0.649. The SMILES string of the molecule is Cc1noc(C)c1S(=O)(=O)N1CCC(CC(=O)N2CCN(C(=O)c3cccs3)CC2)CC1. The van der Waals surface area contributed by atoms with Gasteiger partial charge in [-0.05, 0) is 44.1 Å². The fourth-order valence-electron chi connectivity index (χ4n) is 4.42. The first kappa shape index (κ1) is 22.9. The fraction of sp³-hybridized carbons (Fsp3) is 0.571. The molecule has 0 radical (unpaired) electrons. The lowest BCUT2D eigenvalue weighted by molar-refractivity contribution is -0.133. The summed E-state index contributed by atoms with van der Waals surface area (Å²) in [6.45, 7) is 6.15. The van der Waals surface area contributed by atoms with Crippen molar-refractivity contribution in [3.8, 4) is 0 Å². The van der Waals surface area contributed by atoms with E-state index in [2.05, 4.69) is 5.16 Å². The zero-order valence-corrected chi connectivity index (χ0v) is 20.0. The standard InChI is InChI=1S/C21H28N4O5S2/c1-15-20(16(2)30-22-15)32(28,29)25-7-5-17(6-8-25)14-19(26)23-9-11-24(12-10-23)21(27)18-4-3-13-31-18/h3-4,13,17H,5-12,14H2,1-2H3. The summed E-state index contributed by atoms with van der Waals surface area (Å²) in [4.78, 5) is 29.8. The molecule has 2 aliphatic heterocycles. The first-order valence-electron chi connectivity index (χ1n) is 10.8. The maximum Gasteiger partial charge on any atom is 0.264 e.